The number of guanidine groups is 1. The molecule has 1 heterocycles. The third-order valence-corrected chi connectivity index (χ3v) is 5.23. The van der Waals surface area contributed by atoms with Gasteiger partial charge in [0, 0.05) is 37.9 Å². The second-order valence-corrected chi connectivity index (χ2v) is 7.39. The third kappa shape index (κ3) is 5.78. The Hall–Kier alpha value is -2.96. The summed E-state index contributed by atoms with van der Waals surface area (Å²) in [5.74, 6) is 1.19. The van der Waals surface area contributed by atoms with Gasteiger partial charge in [-0.25, -0.2) is 4.39 Å². The number of hydrogen-bond acceptors (Lipinski definition) is 4. The molecule has 0 aromatic heterocycles. The maximum Gasteiger partial charge on any atom is 0.191 e. The smallest absolute Gasteiger partial charge is 0.191 e. The number of para-hydroxylation sites is 1. The molecule has 1 atom stereocenters. The van der Waals surface area contributed by atoms with Gasteiger partial charge in [0.15, 0.2) is 17.5 Å². The maximum atomic E-state index is 13.6. The number of anilines is 1. The van der Waals surface area contributed by atoms with Crippen LogP contribution < -0.4 is 20.3 Å². The second kappa shape index (κ2) is 10.7. The molecule has 0 saturated carbocycles. The summed E-state index contributed by atoms with van der Waals surface area (Å²) in [6.07, 6.45) is 2.68. The van der Waals surface area contributed by atoms with Crippen molar-refractivity contribution in [2.75, 3.05) is 38.2 Å². The fourth-order valence-electron chi connectivity index (χ4n) is 3.74. The lowest BCUT2D eigenvalue weighted by atomic mass is 10.0. The van der Waals surface area contributed by atoms with Crippen molar-refractivity contribution in [3.63, 3.8) is 0 Å². The first-order chi connectivity index (χ1) is 14.6. The molecule has 7 heteroatoms. The highest BCUT2D eigenvalue weighted by Crippen LogP contribution is 2.29. The van der Waals surface area contributed by atoms with Crippen LogP contribution in [0.1, 0.15) is 25.3 Å². The molecule has 30 heavy (non-hydrogen) atoms. The largest absolute Gasteiger partial charge is 0.504 e. The van der Waals surface area contributed by atoms with Gasteiger partial charge in [-0.1, -0.05) is 18.2 Å². The molecule has 0 spiro atoms. The third-order valence-electron chi connectivity index (χ3n) is 5.23. The summed E-state index contributed by atoms with van der Waals surface area (Å²) >= 11 is 0. The second-order valence-electron chi connectivity index (χ2n) is 7.39. The number of ether oxygens (including phenoxy) is 1. The SMILES string of the molecule is CCNC(=NCCc1cccc(OC)c1O)NC1CCCN(c2cccc(F)c2)C1. The van der Waals surface area contributed by atoms with Crippen molar-refractivity contribution in [3.8, 4) is 11.5 Å². The standard InChI is InChI=1S/C23H31FN4O2/c1-3-25-23(26-13-12-17-7-4-11-21(30-2)22(17)29)27-19-9-6-14-28(16-19)20-10-5-8-18(24)15-20/h4-5,7-8,10-11,15,19,29H,3,6,9,12-14,16H2,1-2H3,(H2,25,26,27). The lowest BCUT2D eigenvalue weighted by Gasteiger charge is -2.35. The molecule has 0 radical (unpaired) electrons. The zero-order valence-electron chi connectivity index (χ0n) is 17.7. The van der Waals surface area contributed by atoms with Crippen molar-refractivity contribution in [2.24, 2.45) is 4.99 Å². The van der Waals surface area contributed by atoms with Crippen LogP contribution in [-0.2, 0) is 6.42 Å². The number of rotatable bonds is 7. The first-order valence-corrected chi connectivity index (χ1v) is 10.5. The Bertz CT molecular complexity index is 859. The van der Waals surface area contributed by atoms with E-state index in [-0.39, 0.29) is 17.6 Å². The zero-order chi connectivity index (χ0) is 21.3. The Morgan fingerprint density at radius 3 is 2.90 bits per heavy atom. The molecule has 1 aliphatic rings. The highest BCUT2D eigenvalue weighted by molar-refractivity contribution is 5.80. The van der Waals surface area contributed by atoms with Crippen LogP contribution in [0.4, 0.5) is 10.1 Å². The Labute approximate surface area is 177 Å². The monoisotopic (exact) mass is 414 g/mol. The number of phenolic OH excluding ortho intramolecular Hbond substituents is 1. The van der Waals surface area contributed by atoms with Gasteiger partial charge in [-0.2, -0.15) is 0 Å². The Morgan fingerprint density at radius 1 is 1.30 bits per heavy atom. The molecule has 0 amide bonds. The van der Waals surface area contributed by atoms with Crippen LogP contribution in [0.15, 0.2) is 47.5 Å². The maximum absolute atomic E-state index is 13.6. The van der Waals surface area contributed by atoms with E-state index >= 15 is 0 Å². The van der Waals surface area contributed by atoms with Gasteiger partial charge in [-0.15, -0.1) is 0 Å². The minimum absolute atomic E-state index is 0.172. The molecule has 3 rings (SSSR count). The Balaban J connectivity index is 1.60. The van der Waals surface area contributed by atoms with Gasteiger partial charge in [0.25, 0.3) is 0 Å². The van der Waals surface area contributed by atoms with E-state index in [1.54, 1.807) is 25.3 Å². The molecule has 2 aromatic carbocycles. The number of nitrogens with one attached hydrogen (secondary N) is 2. The molecular weight excluding hydrogens is 383 g/mol. The fourth-order valence-corrected chi connectivity index (χ4v) is 3.74. The normalized spacial score (nSPS) is 17.0. The average Bonchev–Trinajstić information content (AvgIpc) is 2.75. The van der Waals surface area contributed by atoms with Crippen LogP contribution in [0.5, 0.6) is 11.5 Å². The number of phenols is 1. The number of piperidine rings is 1. The predicted molar refractivity (Wildman–Crippen MR) is 119 cm³/mol. The van der Waals surface area contributed by atoms with E-state index < -0.39 is 0 Å². The predicted octanol–water partition coefficient (Wildman–Crippen LogP) is 3.31. The topological polar surface area (TPSA) is 69.1 Å². The fraction of sp³-hybridized carbons (Fsp3) is 0.435. The quantitative estimate of drug-likeness (QED) is 0.479. The number of nitrogens with zero attached hydrogens (tertiary/aromatic N) is 2. The highest BCUT2D eigenvalue weighted by atomic mass is 19.1. The number of aliphatic imine (C=N–C) groups is 1. The van der Waals surface area contributed by atoms with Gasteiger partial charge in [-0.05, 0) is 56.0 Å². The van der Waals surface area contributed by atoms with Gasteiger partial charge < -0.3 is 25.4 Å². The van der Waals surface area contributed by atoms with Crippen LogP contribution in [0, 0.1) is 5.82 Å². The van der Waals surface area contributed by atoms with Gasteiger partial charge in [0.1, 0.15) is 5.82 Å². The van der Waals surface area contributed by atoms with Crippen molar-refractivity contribution >= 4 is 11.6 Å². The Kier molecular flexibility index (Phi) is 7.76. The molecule has 0 bridgehead atoms. The minimum Gasteiger partial charge on any atom is -0.504 e. The van der Waals surface area contributed by atoms with E-state index in [1.807, 2.05) is 25.1 Å². The van der Waals surface area contributed by atoms with Crippen molar-refractivity contribution < 1.29 is 14.2 Å². The molecule has 1 aliphatic heterocycles. The van der Waals surface area contributed by atoms with Gasteiger partial charge >= 0.3 is 0 Å². The van der Waals surface area contributed by atoms with Crippen molar-refractivity contribution in [3.05, 3.63) is 53.8 Å². The number of methoxy groups -OCH3 is 1. The van der Waals surface area contributed by atoms with E-state index in [1.165, 1.54) is 6.07 Å². The summed E-state index contributed by atoms with van der Waals surface area (Å²) in [4.78, 5) is 6.89. The molecular formula is C23H31FN4O2. The lowest BCUT2D eigenvalue weighted by molar-refractivity contribution is 0.370. The van der Waals surface area contributed by atoms with Gasteiger partial charge in [0.05, 0.1) is 7.11 Å². The van der Waals surface area contributed by atoms with Crippen LogP contribution in [0.25, 0.3) is 0 Å². The molecule has 1 fully saturated rings. The summed E-state index contributed by atoms with van der Waals surface area (Å²) in [5.41, 5.74) is 1.72. The van der Waals surface area contributed by atoms with Crippen LogP contribution in [-0.4, -0.2) is 50.4 Å². The van der Waals surface area contributed by atoms with E-state index in [9.17, 15) is 9.50 Å². The van der Waals surface area contributed by atoms with Crippen molar-refractivity contribution in [1.29, 1.82) is 0 Å². The molecule has 6 nitrogen and oxygen atoms in total. The number of aromatic hydroxyl groups is 1. The molecule has 1 unspecified atom stereocenters. The first kappa shape index (κ1) is 21.7. The summed E-state index contributed by atoms with van der Waals surface area (Å²) < 4.78 is 18.8. The van der Waals surface area contributed by atoms with Crippen LogP contribution in [0.3, 0.4) is 0 Å². The number of hydrogen-bond donors (Lipinski definition) is 3. The molecule has 3 N–H and O–H groups in total. The number of benzene rings is 2. The van der Waals surface area contributed by atoms with E-state index in [0.29, 0.717) is 18.7 Å². The van der Waals surface area contributed by atoms with Crippen LogP contribution in [0.2, 0.25) is 0 Å². The molecule has 162 valence electrons. The van der Waals surface area contributed by atoms with Gasteiger partial charge in [-0.3, -0.25) is 4.99 Å². The minimum atomic E-state index is -0.210. The Morgan fingerprint density at radius 2 is 2.13 bits per heavy atom. The molecule has 2 aromatic rings. The summed E-state index contributed by atoms with van der Waals surface area (Å²) in [6, 6.07) is 12.5. The highest BCUT2D eigenvalue weighted by Gasteiger charge is 2.21. The summed E-state index contributed by atoms with van der Waals surface area (Å²) in [5, 5.41) is 17.0. The van der Waals surface area contributed by atoms with Crippen molar-refractivity contribution in [1.82, 2.24) is 10.6 Å². The molecule has 0 aliphatic carbocycles. The van der Waals surface area contributed by atoms with Crippen LogP contribution >= 0.6 is 0 Å². The van der Waals surface area contributed by atoms with Gasteiger partial charge in [0.2, 0.25) is 0 Å². The number of halogens is 1. The molecule has 1 saturated heterocycles. The summed E-state index contributed by atoms with van der Waals surface area (Å²) in [6.45, 7) is 5.05. The summed E-state index contributed by atoms with van der Waals surface area (Å²) in [7, 11) is 1.54. The zero-order valence-corrected chi connectivity index (χ0v) is 17.7. The van der Waals surface area contributed by atoms with Crippen molar-refractivity contribution in [2.45, 2.75) is 32.2 Å². The van der Waals surface area contributed by atoms with E-state index in [0.717, 1.165) is 49.7 Å². The van der Waals surface area contributed by atoms with E-state index in [4.69, 9.17) is 4.74 Å². The first-order valence-electron chi connectivity index (χ1n) is 10.5. The lowest BCUT2D eigenvalue weighted by Crippen LogP contribution is -2.51. The average molecular weight is 415 g/mol. The van der Waals surface area contributed by atoms with E-state index in [2.05, 4.69) is 20.5 Å².